The fraction of sp³-hybridized carbons (Fsp3) is 0.381. The van der Waals surface area contributed by atoms with Crippen molar-refractivity contribution in [3.05, 3.63) is 65.5 Å². The molecule has 0 bridgehead atoms. The van der Waals surface area contributed by atoms with E-state index in [0.29, 0.717) is 11.3 Å². The number of carbonyl (C=O) groups excluding carboxylic acids is 1. The van der Waals surface area contributed by atoms with Gasteiger partial charge in [-0.15, -0.1) is 0 Å². The molecule has 0 aliphatic carbocycles. The molecule has 1 fully saturated rings. The van der Waals surface area contributed by atoms with Crippen LogP contribution in [-0.4, -0.2) is 47.9 Å². The van der Waals surface area contributed by atoms with E-state index in [2.05, 4.69) is 34.5 Å². The van der Waals surface area contributed by atoms with Crippen molar-refractivity contribution >= 4 is 11.6 Å². The second kappa shape index (κ2) is 8.32. The maximum absolute atomic E-state index is 13.7. The molecular weight excluding hydrogens is 329 g/mol. The van der Waals surface area contributed by atoms with Crippen molar-refractivity contribution in [3.63, 3.8) is 0 Å². The summed E-state index contributed by atoms with van der Waals surface area (Å²) in [6.07, 6.45) is 0. The Kier molecular flexibility index (Phi) is 5.89. The van der Waals surface area contributed by atoms with Crippen LogP contribution in [-0.2, 0) is 11.3 Å². The third kappa shape index (κ3) is 4.61. The van der Waals surface area contributed by atoms with Gasteiger partial charge in [0.2, 0.25) is 5.91 Å². The highest BCUT2D eigenvalue weighted by Gasteiger charge is 2.25. The number of piperazine rings is 1. The summed E-state index contributed by atoms with van der Waals surface area (Å²) in [6, 6.07) is 15.0. The number of nitrogens with zero attached hydrogens (tertiary/aromatic N) is 2. The Morgan fingerprint density at radius 2 is 1.81 bits per heavy atom. The molecular formula is C21H26FN3O. The smallest absolute Gasteiger partial charge is 0.244 e. The lowest BCUT2D eigenvalue weighted by Gasteiger charge is -2.36. The zero-order valence-electron chi connectivity index (χ0n) is 15.4. The van der Waals surface area contributed by atoms with Crippen LogP contribution >= 0.6 is 0 Å². The van der Waals surface area contributed by atoms with E-state index in [1.165, 1.54) is 11.6 Å². The maximum atomic E-state index is 13.7. The van der Waals surface area contributed by atoms with Crippen LogP contribution in [0, 0.1) is 12.7 Å². The Labute approximate surface area is 154 Å². The van der Waals surface area contributed by atoms with E-state index in [9.17, 15) is 9.18 Å². The third-order valence-electron chi connectivity index (χ3n) is 4.86. The van der Waals surface area contributed by atoms with E-state index in [1.54, 1.807) is 19.1 Å². The van der Waals surface area contributed by atoms with Gasteiger partial charge >= 0.3 is 0 Å². The largest absolute Gasteiger partial charge is 0.374 e. The summed E-state index contributed by atoms with van der Waals surface area (Å²) in [4.78, 5) is 16.9. The fourth-order valence-corrected chi connectivity index (χ4v) is 3.24. The summed E-state index contributed by atoms with van der Waals surface area (Å²) in [7, 11) is 0. The number of carbonyl (C=O) groups is 1. The molecule has 0 radical (unpaired) electrons. The van der Waals surface area contributed by atoms with Crippen LogP contribution in [0.5, 0.6) is 0 Å². The second-order valence-corrected chi connectivity index (χ2v) is 6.92. The first-order valence-corrected chi connectivity index (χ1v) is 9.10. The van der Waals surface area contributed by atoms with Gasteiger partial charge < -0.3 is 10.2 Å². The van der Waals surface area contributed by atoms with E-state index in [-0.39, 0.29) is 17.8 Å². The average Bonchev–Trinajstić information content (AvgIpc) is 2.65. The van der Waals surface area contributed by atoms with Crippen molar-refractivity contribution in [2.45, 2.75) is 26.4 Å². The van der Waals surface area contributed by atoms with E-state index in [0.717, 1.165) is 32.7 Å². The molecule has 0 unspecified atom stereocenters. The van der Waals surface area contributed by atoms with E-state index in [4.69, 9.17) is 0 Å². The molecule has 1 N–H and O–H groups in total. The van der Waals surface area contributed by atoms with Gasteiger partial charge in [-0.1, -0.05) is 36.4 Å². The van der Waals surface area contributed by atoms with Gasteiger partial charge in [0.15, 0.2) is 0 Å². The topological polar surface area (TPSA) is 35.6 Å². The molecule has 1 aliphatic heterocycles. The molecule has 0 saturated carbocycles. The van der Waals surface area contributed by atoms with Crippen LogP contribution < -0.4 is 5.32 Å². The Morgan fingerprint density at radius 1 is 1.12 bits per heavy atom. The van der Waals surface area contributed by atoms with Gasteiger partial charge in [-0.25, -0.2) is 4.39 Å². The number of benzene rings is 2. The Hall–Kier alpha value is -2.40. The number of halogens is 1. The fourth-order valence-electron chi connectivity index (χ4n) is 3.24. The lowest BCUT2D eigenvalue weighted by Crippen LogP contribution is -2.51. The van der Waals surface area contributed by atoms with E-state index in [1.807, 2.05) is 17.9 Å². The molecule has 3 rings (SSSR count). The minimum atomic E-state index is -0.377. The first-order valence-electron chi connectivity index (χ1n) is 9.10. The number of nitrogens with one attached hydrogen (secondary N) is 1. The van der Waals surface area contributed by atoms with Gasteiger partial charge in [0.1, 0.15) is 11.9 Å². The third-order valence-corrected chi connectivity index (χ3v) is 4.86. The predicted molar refractivity (Wildman–Crippen MR) is 103 cm³/mol. The lowest BCUT2D eigenvalue weighted by atomic mass is 10.1. The zero-order valence-corrected chi connectivity index (χ0v) is 15.4. The normalized spacial score (nSPS) is 16.3. The number of amides is 1. The standard InChI is InChI=1S/C21H26FN3O/c1-16-8-9-19(14-20(16)22)23-17(2)21(26)25-12-10-24(11-13-25)15-18-6-4-3-5-7-18/h3-9,14,17,23H,10-13,15H2,1-2H3/t17-/m0/s1. The Bertz CT molecular complexity index is 742. The molecule has 26 heavy (non-hydrogen) atoms. The van der Waals surface area contributed by atoms with Crippen molar-refractivity contribution in [1.29, 1.82) is 0 Å². The number of hydrogen-bond acceptors (Lipinski definition) is 3. The van der Waals surface area contributed by atoms with Crippen LogP contribution in [0.25, 0.3) is 0 Å². The SMILES string of the molecule is Cc1ccc(N[C@@H](C)C(=O)N2CCN(Cc3ccccc3)CC2)cc1F. The zero-order chi connectivity index (χ0) is 18.5. The summed E-state index contributed by atoms with van der Waals surface area (Å²) in [5, 5.41) is 3.11. The van der Waals surface area contributed by atoms with Crippen LogP contribution in [0.2, 0.25) is 0 Å². The van der Waals surface area contributed by atoms with Crippen LogP contribution in [0.15, 0.2) is 48.5 Å². The Balaban J connectivity index is 1.50. The summed E-state index contributed by atoms with van der Waals surface area (Å²) in [6.45, 7) is 7.65. The molecule has 2 aromatic rings. The van der Waals surface area contributed by atoms with Gasteiger partial charge in [-0.3, -0.25) is 9.69 Å². The molecule has 2 aromatic carbocycles. The first kappa shape index (κ1) is 18.4. The number of rotatable bonds is 5. The highest BCUT2D eigenvalue weighted by Crippen LogP contribution is 2.16. The molecule has 1 heterocycles. The van der Waals surface area contributed by atoms with Gasteiger partial charge in [0.25, 0.3) is 0 Å². The van der Waals surface area contributed by atoms with E-state index < -0.39 is 0 Å². The molecule has 1 amide bonds. The average molecular weight is 355 g/mol. The molecule has 5 heteroatoms. The van der Waals surface area contributed by atoms with Gasteiger partial charge in [-0.2, -0.15) is 0 Å². The van der Waals surface area contributed by atoms with E-state index >= 15 is 0 Å². The monoisotopic (exact) mass is 355 g/mol. The molecule has 1 atom stereocenters. The van der Waals surface area contributed by atoms with Crippen molar-refractivity contribution in [2.24, 2.45) is 0 Å². The highest BCUT2D eigenvalue weighted by atomic mass is 19.1. The lowest BCUT2D eigenvalue weighted by molar-refractivity contribution is -0.133. The highest BCUT2D eigenvalue weighted by molar-refractivity contribution is 5.84. The van der Waals surface area contributed by atoms with Crippen molar-refractivity contribution in [2.75, 3.05) is 31.5 Å². The second-order valence-electron chi connectivity index (χ2n) is 6.92. The quantitative estimate of drug-likeness (QED) is 0.894. The molecule has 0 aromatic heterocycles. The predicted octanol–water partition coefficient (Wildman–Crippen LogP) is 3.28. The summed E-state index contributed by atoms with van der Waals surface area (Å²) >= 11 is 0. The van der Waals surface area contributed by atoms with Crippen LogP contribution in [0.4, 0.5) is 10.1 Å². The van der Waals surface area contributed by atoms with Gasteiger partial charge in [0, 0.05) is 38.4 Å². The summed E-state index contributed by atoms with van der Waals surface area (Å²) in [5.41, 5.74) is 2.53. The first-order chi connectivity index (χ1) is 12.5. The summed E-state index contributed by atoms with van der Waals surface area (Å²) < 4.78 is 13.7. The number of aryl methyl sites for hydroxylation is 1. The minimum Gasteiger partial charge on any atom is -0.374 e. The molecule has 138 valence electrons. The maximum Gasteiger partial charge on any atom is 0.244 e. The van der Waals surface area contributed by atoms with Crippen molar-refractivity contribution < 1.29 is 9.18 Å². The van der Waals surface area contributed by atoms with Crippen LogP contribution in [0.1, 0.15) is 18.1 Å². The van der Waals surface area contributed by atoms with Gasteiger partial charge in [-0.05, 0) is 37.1 Å². The molecule has 1 aliphatic rings. The van der Waals surface area contributed by atoms with Crippen LogP contribution in [0.3, 0.4) is 0 Å². The molecule has 1 saturated heterocycles. The summed E-state index contributed by atoms with van der Waals surface area (Å²) in [5.74, 6) is -0.200. The molecule has 4 nitrogen and oxygen atoms in total. The van der Waals surface area contributed by atoms with Gasteiger partial charge in [0.05, 0.1) is 0 Å². The van der Waals surface area contributed by atoms with Crippen molar-refractivity contribution in [3.8, 4) is 0 Å². The van der Waals surface area contributed by atoms with Crippen molar-refractivity contribution in [1.82, 2.24) is 9.80 Å². The number of anilines is 1. The number of hydrogen-bond donors (Lipinski definition) is 1. The Morgan fingerprint density at radius 3 is 2.46 bits per heavy atom. The molecule has 0 spiro atoms. The minimum absolute atomic E-state index is 0.0605.